The summed E-state index contributed by atoms with van der Waals surface area (Å²) in [5.74, 6) is -3.64. The predicted octanol–water partition coefficient (Wildman–Crippen LogP) is 1.56. The number of rotatable bonds is 2. The summed E-state index contributed by atoms with van der Waals surface area (Å²) in [5.41, 5.74) is -0.297. The molecule has 0 aliphatic carbocycles. The minimum absolute atomic E-state index is 0.0185. The van der Waals surface area contributed by atoms with Gasteiger partial charge in [0.2, 0.25) is 0 Å². The standard InChI is InChI=1S/C12H12F3NO4/c13-7-3-9(15)8(14)2-6(7)11-10(16-12(18)19)1-5(17)4-20-11/h2-3,5,10-11,16-17H,1,4H2,(H,18,19)/t5?,10-,11+/m0/s1. The molecule has 3 atom stereocenters. The number of aliphatic hydroxyl groups is 1. The Morgan fingerprint density at radius 2 is 1.90 bits per heavy atom. The molecule has 20 heavy (non-hydrogen) atoms. The fourth-order valence-corrected chi connectivity index (χ4v) is 2.17. The van der Waals surface area contributed by atoms with Crippen LogP contribution in [0.4, 0.5) is 18.0 Å². The number of ether oxygens (including phenoxy) is 1. The molecule has 110 valence electrons. The summed E-state index contributed by atoms with van der Waals surface area (Å²) in [4.78, 5) is 10.7. The van der Waals surface area contributed by atoms with Gasteiger partial charge in [-0.2, -0.15) is 0 Å². The van der Waals surface area contributed by atoms with Gasteiger partial charge in [-0.05, 0) is 12.5 Å². The Kier molecular flexibility index (Phi) is 4.15. The number of amides is 1. The highest BCUT2D eigenvalue weighted by Crippen LogP contribution is 2.31. The average molecular weight is 291 g/mol. The van der Waals surface area contributed by atoms with Crippen LogP contribution in [0, 0.1) is 17.5 Å². The van der Waals surface area contributed by atoms with Crippen molar-refractivity contribution in [2.45, 2.75) is 24.7 Å². The van der Waals surface area contributed by atoms with Crippen LogP contribution in [0.3, 0.4) is 0 Å². The minimum atomic E-state index is -1.39. The van der Waals surface area contributed by atoms with Crippen LogP contribution in [0.2, 0.25) is 0 Å². The zero-order valence-electron chi connectivity index (χ0n) is 10.1. The number of hydrogen-bond acceptors (Lipinski definition) is 3. The normalized spacial score (nSPS) is 26.3. The van der Waals surface area contributed by atoms with Crippen molar-refractivity contribution in [3.63, 3.8) is 0 Å². The maximum atomic E-state index is 13.7. The maximum absolute atomic E-state index is 13.7. The number of benzene rings is 1. The monoisotopic (exact) mass is 291 g/mol. The Labute approximate surface area is 112 Å². The van der Waals surface area contributed by atoms with Crippen LogP contribution in [0.15, 0.2) is 12.1 Å². The molecule has 1 saturated heterocycles. The summed E-state index contributed by atoms with van der Waals surface area (Å²) in [7, 11) is 0. The molecular formula is C12H12F3NO4. The van der Waals surface area contributed by atoms with Crippen LogP contribution in [0.25, 0.3) is 0 Å². The number of carboxylic acid groups (broad SMARTS) is 1. The van der Waals surface area contributed by atoms with Crippen LogP contribution in [0.5, 0.6) is 0 Å². The molecule has 0 saturated carbocycles. The van der Waals surface area contributed by atoms with Crippen LogP contribution in [-0.2, 0) is 4.74 Å². The summed E-state index contributed by atoms with van der Waals surface area (Å²) in [6.45, 7) is -0.152. The van der Waals surface area contributed by atoms with E-state index < -0.39 is 41.8 Å². The first-order valence-electron chi connectivity index (χ1n) is 5.82. The van der Waals surface area contributed by atoms with Gasteiger partial charge < -0.3 is 20.3 Å². The van der Waals surface area contributed by atoms with Crippen molar-refractivity contribution in [2.24, 2.45) is 0 Å². The summed E-state index contributed by atoms with van der Waals surface area (Å²) >= 11 is 0. The zero-order valence-corrected chi connectivity index (χ0v) is 10.1. The second-order valence-corrected chi connectivity index (χ2v) is 4.49. The van der Waals surface area contributed by atoms with Gasteiger partial charge in [0.05, 0.1) is 18.8 Å². The van der Waals surface area contributed by atoms with E-state index in [1.54, 1.807) is 0 Å². The largest absolute Gasteiger partial charge is 0.465 e. The first-order valence-corrected chi connectivity index (χ1v) is 5.82. The molecule has 0 radical (unpaired) electrons. The second-order valence-electron chi connectivity index (χ2n) is 4.49. The van der Waals surface area contributed by atoms with Crippen LogP contribution in [0.1, 0.15) is 18.1 Å². The second kappa shape index (κ2) is 5.68. The van der Waals surface area contributed by atoms with E-state index >= 15 is 0 Å². The lowest BCUT2D eigenvalue weighted by Gasteiger charge is -2.34. The fraction of sp³-hybridized carbons (Fsp3) is 0.417. The van der Waals surface area contributed by atoms with E-state index in [0.29, 0.717) is 12.1 Å². The van der Waals surface area contributed by atoms with E-state index in [1.807, 2.05) is 0 Å². The van der Waals surface area contributed by atoms with Gasteiger partial charge in [0, 0.05) is 11.6 Å². The summed E-state index contributed by atoms with van der Waals surface area (Å²) < 4.78 is 44.9. The van der Waals surface area contributed by atoms with Crippen LogP contribution < -0.4 is 5.32 Å². The van der Waals surface area contributed by atoms with E-state index in [4.69, 9.17) is 9.84 Å². The van der Waals surface area contributed by atoms with Gasteiger partial charge in [0.1, 0.15) is 11.9 Å². The molecule has 8 heteroatoms. The van der Waals surface area contributed by atoms with E-state index in [9.17, 15) is 23.1 Å². The lowest BCUT2D eigenvalue weighted by atomic mass is 9.94. The van der Waals surface area contributed by atoms with Gasteiger partial charge in [-0.1, -0.05) is 0 Å². The van der Waals surface area contributed by atoms with E-state index in [-0.39, 0.29) is 18.6 Å². The van der Waals surface area contributed by atoms with Crippen molar-refractivity contribution in [1.29, 1.82) is 0 Å². The number of halogens is 3. The highest BCUT2D eigenvalue weighted by atomic mass is 19.2. The fourth-order valence-electron chi connectivity index (χ4n) is 2.17. The molecule has 1 fully saturated rings. The number of aliphatic hydroxyl groups excluding tert-OH is 1. The average Bonchev–Trinajstić information content (AvgIpc) is 2.34. The molecule has 1 aromatic carbocycles. The molecule has 1 amide bonds. The van der Waals surface area contributed by atoms with Crippen molar-refractivity contribution in [3.8, 4) is 0 Å². The lowest BCUT2D eigenvalue weighted by Crippen LogP contribution is -2.46. The molecule has 3 N–H and O–H groups in total. The van der Waals surface area contributed by atoms with E-state index in [1.165, 1.54) is 0 Å². The van der Waals surface area contributed by atoms with Crippen LogP contribution >= 0.6 is 0 Å². The van der Waals surface area contributed by atoms with Gasteiger partial charge in [-0.15, -0.1) is 0 Å². The Hall–Kier alpha value is -1.80. The summed E-state index contributed by atoms with van der Waals surface area (Å²) in [6, 6.07) is 0.0381. The third-order valence-corrected chi connectivity index (χ3v) is 3.01. The Bertz CT molecular complexity index is 526. The van der Waals surface area contributed by atoms with Gasteiger partial charge in [0.15, 0.2) is 11.6 Å². The molecule has 0 aromatic heterocycles. The van der Waals surface area contributed by atoms with Crippen molar-refractivity contribution in [1.82, 2.24) is 5.32 Å². The number of nitrogens with one attached hydrogen (secondary N) is 1. The number of carbonyl (C=O) groups is 1. The van der Waals surface area contributed by atoms with Crippen molar-refractivity contribution >= 4 is 6.09 Å². The first kappa shape index (κ1) is 14.6. The maximum Gasteiger partial charge on any atom is 0.404 e. The Morgan fingerprint density at radius 3 is 2.55 bits per heavy atom. The molecular weight excluding hydrogens is 279 g/mol. The molecule has 1 unspecified atom stereocenters. The van der Waals surface area contributed by atoms with Gasteiger partial charge in [-0.3, -0.25) is 0 Å². The Balaban J connectivity index is 2.33. The van der Waals surface area contributed by atoms with Crippen molar-refractivity contribution in [3.05, 3.63) is 35.1 Å². The molecule has 2 rings (SSSR count). The SMILES string of the molecule is O=C(O)N[C@H]1CC(O)CO[C@@H]1c1cc(F)c(F)cc1F. The molecule has 1 aliphatic heterocycles. The first-order chi connectivity index (χ1) is 9.38. The van der Waals surface area contributed by atoms with Gasteiger partial charge in [-0.25, -0.2) is 18.0 Å². The number of hydrogen-bond donors (Lipinski definition) is 3. The summed E-state index contributed by atoms with van der Waals surface area (Å²) in [5, 5.41) is 20.2. The molecule has 5 nitrogen and oxygen atoms in total. The van der Waals surface area contributed by atoms with Crippen molar-refractivity contribution < 1.29 is 32.9 Å². The third-order valence-electron chi connectivity index (χ3n) is 3.01. The highest BCUT2D eigenvalue weighted by Gasteiger charge is 2.35. The van der Waals surface area contributed by atoms with Crippen LogP contribution in [-0.4, -0.2) is 35.1 Å². The van der Waals surface area contributed by atoms with E-state index in [0.717, 1.165) is 0 Å². The smallest absolute Gasteiger partial charge is 0.404 e. The van der Waals surface area contributed by atoms with Gasteiger partial charge in [0.25, 0.3) is 0 Å². The highest BCUT2D eigenvalue weighted by molar-refractivity contribution is 5.65. The molecule has 0 spiro atoms. The quantitative estimate of drug-likeness (QED) is 0.723. The third kappa shape index (κ3) is 3.02. The Morgan fingerprint density at radius 1 is 1.25 bits per heavy atom. The zero-order chi connectivity index (χ0) is 14.9. The summed E-state index contributed by atoms with van der Waals surface area (Å²) in [6.07, 6.45) is -3.46. The topological polar surface area (TPSA) is 78.8 Å². The molecule has 1 heterocycles. The van der Waals surface area contributed by atoms with Crippen molar-refractivity contribution in [2.75, 3.05) is 6.61 Å². The predicted molar refractivity (Wildman–Crippen MR) is 60.6 cm³/mol. The minimum Gasteiger partial charge on any atom is -0.465 e. The van der Waals surface area contributed by atoms with Gasteiger partial charge >= 0.3 is 6.09 Å². The van der Waals surface area contributed by atoms with E-state index in [2.05, 4.69) is 5.32 Å². The molecule has 1 aromatic rings. The molecule has 0 bridgehead atoms. The molecule has 1 aliphatic rings. The lowest BCUT2D eigenvalue weighted by molar-refractivity contribution is -0.0759.